The van der Waals surface area contributed by atoms with Crippen molar-refractivity contribution >= 4 is 0 Å². The van der Waals surface area contributed by atoms with Crippen molar-refractivity contribution in [3.8, 4) is 22.5 Å². The first-order valence-electron chi connectivity index (χ1n) is 11.7. The van der Waals surface area contributed by atoms with E-state index < -0.39 is 5.76 Å². The highest BCUT2D eigenvalue weighted by atomic mass is 16.5. The highest BCUT2D eigenvalue weighted by molar-refractivity contribution is 5.80. The molecule has 0 atom stereocenters. The van der Waals surface area contributed by atoms with Crippen LogP contribution in [0.5, 0.6) is 0 Å². The van der Waals surface area contributed by atoms with E-state index in [0.717, 1.165) is 58.6 Å². The summed E-state index contributed by atoms with van der Waals surface area (Å²) in [6, 6.07) is 15.9. The van der Waals surface area contributed by atoms with E-state index in [-0.39, 0.29) is 11.6 Å². The van der Waals surface area contributed by atoms with Gasteiger partial charge < -0.3 is 0 Å². The van der Waals surface area contributed by atoms with Crippen molar-refractivity contribution in [1.29, 1.82) is 0 Å². The summed E-state index contributed by atoms with van der Waals surface area (Å²) in [5, 5.41) is 3.83. The van der Waals surface area contributed by atoms with Gasteiger partial charge in [-0.1, -0.05) is 67.0 Å². The summed E-state index contributed by atoms with van der Waals surface area (Å²) < 4.78 is 6.47. The quantitative estimate of drug-likeness (QED) is 0.398. The lowest BCUT2D eigenvalue weighted by molar-refractivity contribution is 0.388. The lowest BCUT2D eigenvalue weighted by Gasteiger charge is -2.18. The standard InChI is InChI=1S/C27H30N4O3/c1-5-6-11-24-23(26(32)31(17(2)3)18(4)28-24)16-19-12-14-20(15-13-19)21-9-7-8-10-22(21)25-29-27(33)34-30-25/h7-10,12-15,17H,5-6,11,16H2,1-4H3,(H,29,30,33). The van der Waals surface area contributed by atoms with E-state index in [1.807, 2.05) is 69.3 Å². The predicted molar refractivity (Wildman–Crippen MR) is 133 cm³/mol. The minimum absolute atomic E-state index is 0.0537. The molecule has 2 heterocycles. The van der Waals surface area contributed by atoms with Gasteiger partial charge in [-0.15, -0.1) is 0 Å². The topological polar surface area (TPSA) is 93.8 Å². The first-order chi connectivity index (χ1) is 16.4. The summed E-state index contributed by atoms with van der Waals surface area (Å²) >= 11 is 0. The Labute approximate surface area is 198 Å². The fourth-order valence-corrected chi connectivity index (χ4v) is 4.36. The molecule has 7 nitrogen and oxygen atoms in total. The molecule has 0 saturated heterocycles. The third-order valence-corrected chi connectivity index (χ3v) is 6.02. The van der Waals surface area contributed by atoms with Gasteiger partial charge in [-0.05, 0) is 50.3 Å². The van der Waals surface area contributed by atoms with Crippen LogP contribution in [0.2, 0.25) is 0 Å². The Morgan fingerprint density at radius 3 is 2.35 bits per heavy atom. The highest BCUT2D eigenvalue weighted by Crippen LogP contribution is 2.30. The van der Waals surface area contributed by atoms with Gasteiger partial charge in [-0.3, -0.25) is 18.9 Å². The molecule has 1 N–H and O–H groups in total. The summed E-state index contributed by atoms with van der Waals surface area (Å²) in [6.07, 6.45) is 3.40. The van der Waals surface area contributed by atoms with Crippen LogP contribution in [0.3, 0.4) is 0 Å². The molecular formula is C27H30N4O3. The van der Waals surface area contributed by atoms with Gasteiger partial charge in [-0.2, -0.15) is 0 Å². The molecule has 0 aliphatic carbocycles. The van der Waals surface area contributed by atoms with E-state index in [1.165, 1.54) is 0 Å². The van der Waals surface area contributed by atoms with Gasteiger partial charge in [0, 0.05) is 23.6 Å². The van der Waals surface area contributed by atoms with Crippen LogP contribution in [-0.4, -0.2) is 19.7 Å². The molecule has 2 aromatic carbocycles. The monoisotopic (exact) mass is 458 g/mol. The maximum atomic E-state index is 13.4. The second kappa shape index (κ2) is 10.0. The largest absolute Gasteiger partial charge is 0.439 e. The maximum absolute atomic E-state index is 13.4. The number of unbranched alkanes of at least 4 members (excludes halogenated alkanes) is 1. The number of rotatable bonds is 8. The van der Waals surface area contributed by atoms with E-state index in [2.05, 4.69) is 21.6 Å². The third kappa shape index (κ3) is 4.78. The van der Waals surface area contributed by atoms with E-state index in [1.54, 1.807) is 4.57 Å². The fraction of sp³-hybridized carbons (Fsp3) is 0.333. The minimum atomic E-state index is -0.585. The number of benzene rings is 2. The van der Waals surface area contributed by atoms with Gasteiger partial charge in [0.2, 0.25) is 0 Å². The Morgan fingerprint density at radius 2 is 1.74 bits per heavy atom. The molecule has 0 bridgehead atoms. The summed E-state index contributed by atoms with van der Waals surface area (Å²) in [5.74, 6) is 0.579. The smallest absolute Gasteiger partial charge is 0.296 e. The van der Waals surface area contributed by atoms with Crippen molar-refractivity contribution in [3.63, 3.8) is 0 Å². The molecule has 0 unspecified atom stereocenters. The molecule has 2 aromatic heterocycles. The number of hydrogen-bond acceptors (Lipinski definition) is 5. The van der Waals surface area contributed by atoms with Crippen LogP contribution >= 0.6 is 0 Å². The minimum Gasteiger partial charge on any atom is -0.296 e. The Hall–Kier alpha value is -3.74. The van der Waals surface area contributed by atoms with Crippen LogP contribution in [-0.2, 0) is 12.8 Å². The van der Waals surface area contributed by atoms with E-state index in [0.29, 0.717) is 12.2 Å². The fourth-order valence-electron chi connectivity index (χ4n) is 4.36. The van der Waals surface area contributed by atoms with Crippen LogP contribution < -0.4 is 11.3 Å². The average Bonchev–Trinajstić information content (AvgIpc) is 3.26. The second-order valence-corrected chi connectivity index (χ2v) is 8.82. The molecule has 0 spiro atoms. The summed E-state index contributed by atoms with van der Waals surface area (Å²) in [5.41, 5.74) is 5.49. The van der Waals surface area contributed by atoms with Crippen molar-refractivity contribution in [2.24, 2.45) is 0 Å². The van der Waals surface area contributed by atoms with Gasteiger partial charge in [0.15, 0.2) is 5.82 Å². The van der Waals surface area contributed by atoms with Crippen molar-refractivity contribution in [2.75, 3.05) is 0 Å². The Kier molecular flexibility index (Phi) is 6.91. The van der Waals surface area contributed by atoms with Crippen LogP contribution in [0, 0.1) is 6.92 Å². The van der Waals surface area contributed by atoms with Crippen LogP contribution in [0.15, 0.2) is 62.6 Å². The van der Waals surface area contributed by atoms with Crippen molar-refractivity contribution < 1.29 is 4.52 Å². The van der Waals surface area contributed by atoms with E-state index >= 15 is 0 Å². The van der Waals surface area contributed by atoms with Gasteiger partial charge in [0.05, 0.1) is 5.69 Å². The molecule has 0 radical (unpaired) electrons. The number of H-pyrrole nitrogens is 1. The van der Waals surface area contributed by atoms with Crippen LogP contribution in [0.1, 0.15) is 62.3 Å². The molecule has 0 amide bonds. The zero-order valence-electron chi connectivity index (χ0n) is 20.1. The molecule has 0 fully saturated rings. The van der Waals surface area contributed by atoms with E-state index in [4.69, 9.17) is 4.98 Å². The number of nitrogens with zero attached hydrogens (tertiary/aromatic N) is 3. The predicted octanol–water partition coefficient (Wildman–Crippen LogP) is 5.08. The molecular weight excluding hydrogens is 428 g/mol. The molecule has 176 valence electrons. The van der Waals surface area contributed by atoms with Gasteiger partial charge in [-0.25, -0.2) is 9.78 Å². The number of hydrogen-bond donors (Lipinski definition) is 1. The number of aromatic nitrogens is 4. The zero-order valence-corrected chi connectivity index (χ0v) is 20.1. The molecule has 0 saturated carbocycles. The van der Waals surface area contributed by atoms with Gasteiger partial charge in [0.25, 0.3) is 5.56 Å². The van der Waals surface area contributed by atoms with Crippen LogP contribution in [0.4, 0.5) is 0 Å². The van der Waals surface area contributed by atoms with Crippen molar-refractivity contribution in [1.82, 2.24) is 19.7 Å². The Morgan fingerprint density at radius 1 is 1.03 bits per heavy atom. The summed E-state index contributed by atoms with van der Waals surface area (Å²) in [4.78, 5) is 32.2. The number of aryl methyl sites for hydroxylation is 2. The molecule has 7 heteroatoms. The maximum Gasteiger partial charge on any atom is 0.439 e. The second-order valence-electron chi connectivity index (χ2n) is 8.82. The van der Waals surface area contributed by atoms with Crippen LogP contribution in [0.25, 0.3) is 22.5 Å². The lowest BCUT2D eigenvalue weighted by Crippen LogP contribution is -2.30. The van der Waals surface area contributed by atoms with E-state index in [9.17, 15) is 9.59 Å². The molecule has 34 heavy (non-hydrogen) atoms. The van der Waals surface area contributed by atoms with Crippen molar-refractivity contribution in [2.45, 2.75) is 59.4 Å². The number of aromatic amines is 1. The zero-order chi connectivity index (χ0) is 24.2. The average molecular weight is 459 g/mol. The van der Waals surface area contributed by atoms with Gasteiger partial charge in [0.1, 0.15) is 5.82 Å². The Balaban J connectivity index is 1.69. The molecule has 4 rings (SSSR count). The third-order valence-electron chi connectivity index (χ3n) is 6.02. The summed E-state index contributed by atoms with van der Waals surface area (Å²) in [7, 11) is 0. The molecule has 4 aromatic rings. The summed E-state index contributed by atoms with van der Waals surface area (Å²) in [6.45, 7) is 8.09. The first kappa shape index (κ1) is 23.4. The van der Waals surface area contributed by atoms with Crippen molar-refractivity contribution in [3.05, 3.63) is 92.1 Å². The van der Waals surface area contributed by atoms with Gasteiger partial charge >= 0.3 is 5.76 Å². The number of nitrogens with one attached hydrogen (secondary N) is 1. The SMILES string of the molecule is CCCCc1nc(C)n(C(C)C)c(=O)c1Cc1ccc(-c2ccccc2-c2noc(=O)[nH]2)cc1. The first-order valence-corrected chi connectivity index (χ1v) is 11.7. The molecule has 0 aliphatic rings. The highest BCUT2D eigenvalue weighted by Gasteiger charge is 2.17. The molecule has 0 aliphatic heterocycles. The lowest BCUT2D eigenvalue weighted by atomic mass is 9.96. The Bertz CT molecular complexity index is 1390. The normalized spacial score (nSPS) is 11.3.